The summed E-state index contributed by atoms with van der Waals surface area (Å²) in [5, 5.41) is 2.75. The van der Waals surface area contributed by atoms with Gasteiger partial charge in [0, 0.05) is 39.3 Å². The van der Waals surface area contributed by atoms with E-state index in [-0.39, 0.29) is 16.9 Å². The van der Waals surface area contributed by atoms with Gasteiger partial charge in [-0.15, -0.1) is 0 Å². The van der Waals surface area contributed by atoms with E-state index in [2.05, 4.69) is 32.1 Å². The maximum atomic E-state index is 13.0. The van der Waals surface area contributed by atoms with Gasteiger partial charge >= 0.3 is 0 Å². The SMILES string of the molecule is Cc1c(NC(=O)c2cc(N3CCN(C)CC3)ncn2)c(=O)n(-c2ccccc2)n1C. The molecule has 0 atom stereocenters. The van der Waals surface area contributed by atoms with Gasteiger partial charge in [0.15, 0.2) is 0 Å². The fourth-order valence-electron chi connectivity index (χ4n) is 3.57. The van der Waals surface area contributed by atoms with Crippen LogP contribution < -0.4 is 15.8 Å². The highest BCUT2D eigenvalue weighted by Crippen LogP contribution is 2.17. The first-order chi connectivity index (χ1) is 14.5. The van der Waals surface area contributed by atoms with E-state index in [1.807, 2.05) is 30.3 Å². The Balaban J connectivity index is 1.59. The quantitative estimate of drug-likeness (QED) is 0.701. The summed E-state index contributed by atoms with van der Waals surface area (Å²) >= 11 is 0. The van der Waals surface area contributed by atoms with Gasteiger partial charge in [0.1, 0.15) is 23.5 Å². The number of hydrogen-bond acceptors (Lipinski definition) is 6. The summed E-state index contributed by atoms with van der Waals surface area (Å²) in [6.45, 7) is 5.36. The molecule has 0 spiro atoms. The molecular formula is C21H25N7O2. The second-order valence-electron chi connectivity index (χ2n) is 7.44. The molecule has 0 radical (unpaired) electrons. The number of amides is 1. The van der Waals surface area contributed by atoms with Crippen LogP contribution in [0, 0.1) is 6.92 Å². The number of carbonyl (C=O) groups is 1. The first-order valence-electron chi connectivity index (χ1n) is 9.86. The highest BCUT2D eigenvalue weighted by molar-refractivity contribution is 6.03. The van der Waals surface area contributed by atoms with E-state index in [4.69, 9.17) is 0 Å². The van der Waals surface area contributed by atoms with Gasteiger partial charge in [0.25, 0.3) is 11.5 Å². The van der Waals surface area contributed by atoms with E-state index in [1.54, 1.807) is 24.7 Å². The van der Waals surface area contributed by atoms with Crippen LogP contribution in [-0.4, -0.2) is 63.4 Å². The first kappa shape index (κ1) is 19.8. The Hall–Kier alpha value is -3.46. The molecule has 2 aromatic heterocycles. The molecule has 0 aliphatic carbocycles. The number of likely N-dealkylation sites (N-methyl/N-ethyl adjacent to an activating group) is 1. The van der Waals surface area contributed by atoms with Gasteiger partial charge in [0.05, 0.1) is 11.4 Å². The molecule has 0 saturated carbocycles. The number of piperazine rings is 1. The Kier molecular flexibility index (Phi) is 5.37. The van der Waals surface area contributed by atoms with Gasteiger partial charge in [-0.2, -0.15) is 0 Å². The molecule has 3 aromatic rings. The fraction of sp³-hybridized carbons (Fsp3) is 0.333. The smallest absolute Gasteiger partial charge is 0.295 e. The number of hydrogen-bond donors (Lipinski definition) is 1. The van der Waals surface area contributed by atoms with Crippen molar-refractivity contribution in [2.75, 3.05) is 43.4 Å². The minimum Gasteiger partial charge on any atom is -0.354 e. The Labute approximate surface area is 174 Å². The summed E-state index contributed by atoms with van der Waals surface area (Å²) in [4.78, 5) is 38.7. The average Bonchev–Trinajstić information content (AvgIpc) is 2.98. The van der Waals surface area contributed by atoms with Crippen molar-refractivity contribution in [1.29, 1.82) is 0 Å². The zero-order valence-electron chi connectivity index (χ0n) is 17.4. The summed E-state index contributed by atoms with van der Waals surface area (Å²) in [7, 11) is 3.87. The highest BCUT2D eigenvalue weighted by Gasteiger charge is 2.21. The van der Waals surface area contributed by atoms with Crippen molar-refractivity contribution < 1.29 is 4.79 Å². The third kappa shape index (κ3) is 3.71. The van der Waals surface area contributed by atoms with E-state index in [1.165, 1.54) is 11.0 Å². The van der Waals surface area contributed by atoms with E-state index < -0.39 is 5.91 Å². The number of aromatic nitrogens is 4. The molecule has 9 nitrogen and oxygen atoms in total. The molecule has 4 rings (SSSR count). The van der Waals surface area contributed by atoms with Crippen molar-refractivity contribution in [2.45, 2.75) is 6.92 Å². The number of nitrogens with one attached hydrogen (secondary N) is 1. The lowest BCUT2D eigenvalue weighted by atomic mass is 10.3. The molecule has 1 aliphatic heterocycles. The zero-order chi connectivity index (χ0) is 21.3. The van der Waals surface area contributed by atoms with Crippen LogP contribution in [0.4, 0.5) is 11.5 Å². The van der Waals surface area contributed by atoms with Crippen LogP contribution in [0.2, 0.25) is 0 Å². The second kappa shape index (κ2) is 8.11. The minimum atomic E-state index is -0.432. The first-order valence-corrected chi connectivity index (χ1v) is 9.86. The molecule has 1 fully saturated rings. The summed E-state index contributed by atoms with van der Waals surface area (Å²) in [6.07, 6.45) is 1.39. The van der Waals surface area contributed by atoms with Crippen LogP contribution >= 0.6 is 0 Å². The zero-order valence-corrected chi connectivity index (χ0v) is 17.4. The monoisotopic (exact) mass is 407 g/mol. The van der Waals surface area contributed by atoms with Crippen LogP contribution in [0.3, 0.4) is 0 Å². The van der Waals surface area contributed by atoms with Gasteiger partial charge < -0.3 is 15.1 Å². The molecule has 1 amide bonds. The number of carbonyl (C=O) groups excluding carboxylic acids is 1. The Morgan fingerprint density at radius 3 is 2.43 bits per heavy atom. The molecule has 1 N–H and O–H groups in total. The summed E-state index contributed by atoms with van der Waals surface area (Å²) < 4.78 is 3.25. The van der Waals surface area contributed by atoms with E-state index in [9.17, 15) is 9.59 Å². The Morgan fingerprint density at radius 2 is 1.73 bits per heavy atom. The van der Waals surface area contributed by atoms with Crippen molar-refractivity contribution in [3.63, 3.8) is 0 Å². The van der Waals surface area contributed by atoms with E-state index in [0.29, 0.717) is 5.69 Å². The minimum absolute atomic E-state index is 0.229. The maximum Gasteiger partial charge on any atom is 0.295 e. The Bertz CT molecular complexity index is 1110. The number of nitrogens with zero attached hydrogens (tertiary/aromatic N) is 6. The molecule has 0 bridgehead atoms. The summed E-state index contributed by atoms with van der Waals surface area (Å²) in [5.74, 6) is 0.286. The van der Waals surface area contributed by atoms with Gasteiger partial charge in [-0.3, -0.25) is 14.3 Å². The van der Waals surface area contributed by atoms with Gasteiger partial charge in [-0.25, -0.2) is 14.6 Å². The lowest BCUT2D eigenvalue weighted by Gasteiger charge is -2.33. The molecule has 9 heteroatoms. The van der Waals surface area contributed by atoms with Crippen molar-refractivity contribution in [1.82, 2.24) is 24.2 Å². The molecule has 156 valence electrons. The Morgan fingerprint density at radius 1 is 1.03 bits per heavy atom. The maximum absolute atomic E-state index is 13.0. The lowest BCUT2D eigenvalue weighted by molar-refractivity contribution is 0.102. The van der Waals surface area contributed by atoms with Crippen LogP contribution in [-0.2, 0) is 7.05 Å². The highest BCUT2D eigenvalue weighted by atomic mass is 16.2. The summed E-state index contributed by atoms with van der Waals surface area (Å²) in [5.41, 5.74) is 1.57. The van der Waals surface area contributed by atoms with Gasteiger partial charge in [0.2, 0.25) is 0 Å². The molecule has 3 heterocycles. The molecule has 1 aliphatic rings. The van der Waals surface area contributed by atoms with Crippen LogP contribution in [0.1, 0.15) is 16.2 Å². The normalized spacial score (nSPS) is 14.7. The van der Waals surface area contributed by atoms with Crippen molar-refractivity contribution in [2.24, 2.45) is 7.05 Å². The van der Waals surface area contributed by atoms with Crippen molar-refractivity contribution in [3.05, 3.63) is 64.5 Å². The average molecular weight is 407 g/mol. The van der Waals surface area contributed by atoms with Gasteiger partial charge in [-0.1, -0.05) is 18.2 Å². The fourth-order valence-corrected chi connectivity index (χ4v) is 3.57. The number of anilines is 2. The molecule has 1 aromatic carbocycles. The summed E-state index contributed by atoms with van der Waals surface area (Å²) in [6, 6.07) is 11.0. The van der Waals surface area contributed by atoms with Gasteiger partial charge in [-0.05, 0) is 26.1 Å². The van der Waals surface area contributed by atoms with Crippen LogP contribution in [0.15, 0.2) is 47.5 Å². The van der Waals surface area contributed by atoms with Crippen LogP contribution in [0.5, 0.6) is 0 Å². The van der Waals surface area contributed by atoms with Crippen molar-refractivity contribution in [3.8, 4) is 5.69 Å². The third-order valence-corrected chi connectivity index (χ3v) is 5.51. The third-order valence-electron chi connectivity index (χ3n) is 5.51. The number of rotatable bonds is 4. The predicted molar refractivity (Wildman–Crippen MR) is 115 cm³/mol. The molecule has 1 saturated heterocycles. The molecule has 30 heavy (non-hydrogen) atoms. The van der Waals surface area contributed by atoms with E-state index >= 15 is 0 Å². The lowest BCUT2D eigenvalue weighted by Crippen LogP contribution is -2.44. The molecular weight excluding hydrogens is 382 g/mol. The second-order valence-corrected chi connectivity index (χ2v) is 7.44. The largest absolute Gasteiger partial charge is 0.354 e. The number of benzene rings is 1. The predicted octanol–water partition coefficient (Wildman–Crippen LogP) is 1.28. The topological polar surface area (TPSA) is 88.3 Å². The molecule has 0 unspecified atom stereocenters. The van der Waals surface area contributed by atoms with Crippen LogP contribution in [0.25, 0.3) is 5.69 Å². The number of para-hydroxylation sites is 1. The standard InChI is InChI=1S/C21H25N7O2/c1-15-19(21(30)28(26(15)3)16-7-5-4-6-8-16)24-20(29)17-13-18(23-14-22-17)27-11-9-25(2)10-12-27/h4-8,13-14H,9-12H2,1-3H3,(H,24,29). The van der Waals surface area contributed by atoms with Crippen molar-refractivity contribution >= 4 is 17.4 Å². The van der Waals surface area contributed by atoms with E-state index in [0.717, 1.165) is 37.7 Å².